The van der Waals surface area contributed by atoms with Crippen LogP contribution >= 0.6 is 11.6 Å². The summed E-state index contributed by atoms with van der Waals surface area (Å²) in [5.74, 6) is 0.893. The van der Waals surface area contributed by atoms with E-state index in [9.17, 15) is 0 Å². The number of aryl methyl sites for hydroxylation is 1. The molecule has 1 unspecified atom stereocenters. The first-order chi connectivity index (χ1) is 10.1. The van der Waals surface area contributed by atoms with Crippen LogP contribution in [0, 0.1) is 6.92 Å². The fourth-order valence-electron chi connectivity index (χ4n) is 1.99. The maximum absolute atomic E-state index is 6.25. The molecule has 2 nitrogen and oxygen atoms in total. The van der Waals surface area contributed by atoms with Crippen LogP contribution in [0.25, 0.3) is 0 Å². The van der Waals surface area contributed by atoms with E-state index in [4.69, 9.17) is 16.3 Å². The first kappa shape index (κ1) is 15.7. The summed E-state index contributed by atoms with van der Waals surface area (Å²) >= 11 is 6.25. The average molecular weight is 304 g/mol. The molecule has 0 amide bonds. The highest BCUT2D eigenvalue weighted by atomic mass is 35.5. The number of benzene rings is 2. The summed E-state index contributed by atoms with van der Waals surface area (Å²) in [6.07, 6.45) is 1.23. The molecular weight excluding hydrogens is 282 g/mol. The van der Waals surface area contributed by atoms with Gasteiger partial charge in [-0.25, -0.2) is 0 Å². The van der Waals surface area contributed by atoms with Gasteiger partial charge in [-0.2, -0.15) is 0 Å². The van der Waals surface area contributed by atoms with Gasteiger partial charge < -0.3 is 10.1 Å². The van der Waals surface area contributed by atoms with Crippen molar-refractivity contribution in [3.63, 3.8) is 0 Å². The lowest BCUT2D eigenvalue weighted by molar-refractivity contribution is 0.217. The molecule has 0 saturated heterocycles. The van der Waals surface area contributed by atoms with Gasteiger partial charge in [0.1, 0.15) is 5.75 Å². The van der Waals surface area contributed by atoms with Gasteiger partial charge in [-0.15, -0.1) is 0 Å². The van der Waals surface area contributed by atoms with Crippen molar-refractivity contribution in [1.29, 1.82) is 0 Å². The number of hydrogen-bond acceptors (Lipinski definition) is 2. The van der Waals surface area contributed by atoms with E-state index >= 15 is 0 Å². The first-order valence-electron chi connectivity index (χ1n) is 7.34. The van der Waals surface area contributed by atoms with E-state index in [0.717, 1.165) is 28.4 Å². The van der Waals surface area contributed by atoms with Crippen molar-refractivity contribution in [3.05, 3.63) is 58.6 Å². The summed E-state index contributed by atoms with van der Waals surface area (Å²) in [5.41, 5.74) is 3.30. The van der Waals surface area contributed by atoms with E-state index in [2.05, 4.69) is 31.3 Å². The van der Waals surface area contributed by atoms with Crippen LogP contribution in [0.4, 0.5) is 5.69 Å². The van der Waals surface area contributed by atoms with Gasteiger partial charge in [0.15, 0.2) is 0 Å². The summed E-state index contributed by atoms with van der Waals surface area (Å²) in [7, 11) is 0. The molecule has 1 atom stereocenters. The molecule has 0 spiro atoms. The van der Waals surface area contributed by atoms with Crippen molar-refractivity contribution in [1.82, 2.24) is 0 Å². The molecule has 0 bridgehead atoms. The molecule has 0 aliphatic carbocycles. The molecule has 0 radical (unpaired) electrons. The zero-order valence-corrected chi connectivity index (χ0v) is 13.6. The van der Waals surface area contributed by atoms with Crippen molar-refractivity contribution in [3.8, 4) is 5.75 Å². The minimum absolute atomic E-state index is 0.229. The van der Waals surface area contributed by atoms with Gasteiger partial charge in [0.05, 0.1) is 6.10 Å². The maximum Gasteiger partial charge on any atom is 0.121 e. The standard InChI is InChI=1S/C18H22ClNO/c1-4-14(3)21-17-7-5-6-16(11-17)20-12-15-9-8-13(2)10-18(15)19/h5-11,14,20H,4,12H2,1-3H3. The Balaban J connectivity index is 2.01. The Kier molecular flexibility index (Phi) is 5.51. The van der Waals surface area contributed by atoms with Crippen LogP contribution in [-0.2, 0) is 6.54 Å². The smallest absolute Gasteiger partial charge is 0.121 e. The minimum Gasteiger partial charge on any atom is -0.491 e. The van der Waals surface area contributed by atoms with Crippen molar-refractivity contribution < 1.29 is 4.74 Å². The number of rotatable bonds is 6. The highest BCUT2D eigenvalue weighted by Gasteiger charge is 2.03. The Morgan fingerprint density at radius 2 is 2.00 bits per heavy atom. The highest BCUT2D eigenvalue weighted by molar-refractivity contribution is 6.31. The second-order valence-corrected chi connectivity index (χ2v) is 5.72. The lowest BCUT2D eigenvalue weighted by atomic mass is 10.1. The van der Waals surface area contributed by atoms with Crippen molar-refractivity contribution in [2.45, 2.75) is 39.8 Å². The zero-order valence-electron chi connectivity index (χ0n) is 12.8. The number of anilines is 1. The van der Waals surface area contributed by atoms with Crippen molar-refractivity contribution in [2.75, 3.05) is 5.32 Å². The van der Waals surface area contributed by atoms with E-state index in [0.29, 0.717) is 6.54 Å². The maximum atomic E-state index is 6.25. The predicted molar refractivity (Wildman–Crippen MR) is 90.3 cm³/mol. The lowest BCUT2D eigenvalue weighted by Crippen LogP contribution is -2.09. The second kappa shape index (κ2) is 7.37. The molecule has 21 heavy (non-hydrogen) atoms. The average Bonchev–Trinajstić information content (AvgIpc) is 2.46. The van der Waals surface area contributed by atoms with Crippen molar-refractivity contribution in [2.24, 2.45) is 0 Å². The largest absolute Gasteiger partial charge is 0.491 e. The molecule has 0 heterocycles. The Morgan fingerprint density at radius 3 is 2.71 bits per heavy atom. The van der Waals surface area contributed by atoms with Crippen LogP contribution < -0.4 is 10.1 Å². The topological polar surface area (TPSA) is 21.3 Å². The normalized spacial score (nSPS) is 12.0. The van der Waals surface area contributed by atoms with Gasteiger partial charge in [-0.3, -0.25) is 0 Å². The molecule has 112 valence electrons. The molecule has 0 aliphatic heterocycles. The number of ether oxygens (including phenoxy) is 1. The summed E-state index contributed by atoms with van der Waals surface area (Å²) < 4.78 is 5.83. The van der Waals surface area contributed by atoms with Gasteiger partial charge in [-0.05, 0) is 49.6 Å². The van der Waals surface area contributed by atoms with E-state index in [1.807, 2.05) is 37.3 Å². The predicted octanol–water partition coefficient (Wildman–Crippen LogP) is 5.44. The van der Waals surface area contributed by atoms with E-state index in [1.54, 1.807) is 0 Å². The third-order valence-electron chi connectivity index (χ3n) is 3.44. The Morgan fingerprint density at radius 1 is 1.19 bits per heavy atom. The van der Waals surface area contributed by atoms with Crippen LogP contribution in [0.2, 0.25) is 5.02 Å². The molecule has 2 aromatic carbocycles. The first-order valence-corrected chi connectivity index (χ1v) is 7.72. The third kappa shape index (κ3) is 4.68. The Labute approximate surface area is 132 Å². The molecule has 0 aromatic heterocycles. The highest BCUT2D eigenvalue weighted by Crippen LogP contribution is 2.22. The molecule has 1 N–H and O–H groups in total. The number of hydrogen-bond donors (Lipinski definition) is 1. The molecule has 3 heteroatoms. The Hall–Kier alpha value is -1.67. The second-order valence-electron chi connectivity index (χ2n) is 5.31. The van der Waals surface area contributed by atoms with Crippen LogP contribution in [0.5, 0.6) is 5.75 Å². The van der Waals surface area contributed by atoms with Gasteiger partial charge in [0.2, 0.25) is 0 Å². The van der Waals surface area contributed by atoms with Gasteiger partial charge >= 0.3 is 0 Å². The molecule has 0 fully saturated rings. The number of halogens is 1. The monoisotopic (exact) mass is 303 g/mol. The fourth-order valence-corrected chi connectivity index (χ4v) is 2.29. The Bertz CT molecular complexity index is 598. The molecule has 2 rings (SSSR count). The minimum atomic E-state index is 0.229. The molecule has 0 aliphatic rings. The van der Waals surface area contributed by atoms with E-state index < -0.39 is 0 Å². The van der Waals surface area contributed by atoms with Gasteiger partial charge in [0.25, 0.3) is 0 Å². The SMILES string of the molecule is CCC(C)Oc1cccc(NCc2ccc(C)cc2Cl)c1. The fraction of sp³-hybridized carbons (Fsp3) is 0.333. The number of nitrogens with one attached hydrogen (secondary N) is 1. The van der Waals surface area contributed by atoms with Crippen LogP contribution in [0.3, 0.4) is 0 Å². The lowest BCUT2D eigenvalue weighted by Gasteiger charge is -2.14. The van der Waals surface area contributed by atoms with Gasteiger partial charge in [0, 0.05) is 23.3 Å². The van der Waals surface area contributed by atoms with Crippen LogP contribution in [0.1, 0.15) is 31.4 Å². The quantitative estimate of drug-likeness (QED) is 0.767. The summed E-state index contributed by atoms with van der Waals surface area (Å²) in [4.78, 5) is 0. The van der Waals surface area contributed by atoms with Crippen molar-refractivity contribution >= 4 is 17.3 Å². The van der Waals surface area contributed by atoms with Gasteiger partial charge in [-0.1, -0.05) is 36.7 Å². The zero-order chi connectivity index (χ0) is 15.2. The van der Waals surface area contributed by atoms with E-state index in [-0.39, 0.29) is 6.10 Å². The molecule has 0 saturated carbocycles. The third-order valence-corrected chi connectivity index (χ3v) is 3.79. The summed E-state index contributed by atoms with van der Waals surface area (Å²) in [6.45, 7) is 6.93. The summed E-state index contributed by atoms with van der Waals surface area (Å²) in [6, 6.07) is 14.2. The van der Waals surface area contributed by atoms with E-state index in [1.165, 1.54) is 5.56 Å². The van der Waals surface area contributed by atoms with Crippen LogP contribution in [-0.4, -0.2) is 6.10 Å². The molecule has 2 aromatic rings. The summed E-state index contributed by atoms with van der Waals surface area (Å²) in [5, 5.41) is 4.19. The molecular formula is C18H22ClNO. The van der Waals surface area contributed by atoms with Crippen LogP contribution in [0.15, 0.2) is 42.5 Å².